The van der Waals surface area contributed by atoms with Gasteiger partial charge in [-0.05, 0) is 57.8 Å². The number of esters is 1. The van der Waals surface area contributed by atoms with Crippen molar-refractivity contribution < 1.29 is 24.5 Å². The Bertz CT molecular complexity index is 1010. The third-order valence-corrected chi connectivity index (χ3v) is 12.4. The fourth-order valence-corrected chi connectivity index (χ4v) is 8.18. The molecule has 364 valence electrons. The molecular weight excluding hydrogens is 767 g/mol. The number of carbonyl (C=O) groups is 2. The number of allylic oxidation sites excluding steroid dienone is 5. The quantitative estimate of drug-likeness (QED) is 0.0321. The van der Waals surface area contributed by atoms with Gasteiger partial charge in [0.15, 0.2) is 0 Å². The maximum Gasteiger partial charge on any atom is 0.305 e. The van der Waals surface area contributed by atoms with Gasteiger partial charge in [-0.3, -0.25) is 9.59 Å². The van der Waals surface area contributed by atoms with E-state index in [0.29, 0.717) is 19.4 Å². The van der Waals surface area contributed by atoms with Crippen molar-refractivity contribution in [1.82, 2.24) is 5.32 Å². The van der Waals surface area contributed by atoms with Crippen molar-refractivity contribution in [2.75, 3.05) is 13.2 Å². The van der Waals surface area contributed by atoms with Crippen molar-refractivity contribution in [3.05, 3.63) is 36.5 Å². The summed E-state index contributed by atoms with van der Waals surface area (Å²) >= 11 is 0. The van der Waals surface area contributed by atoms with E-state index in [-0.39, 0.29) is 18.5 Å². The van der Waals surface area contributed by atoms with Gasteiger partial charge in [-0.15, -0.1) is 0 Å². The van der Waals surface area contributed by atoms with E-state index in [1.807, 2.05) is 6.08 Å². The summed E-state index contributed by atoms with van der Waals surface area (Å²) in [5.74, 6) is -0.0815. The zero-order valence-electron chi connectivity index (χ0n) is 41.4. The molecule has 0 heterocycles. The third kappa shape index (κ3) is 47.6. The minimum atomic E-state index is -0.847. The lowest BCUT2D eigenvalue weighted by molar-refractivity contribution is -0.143. The Morgan fingerprint density at radius 2 is 0.823 bits per heavy atom. The maximum atomic E-state index is 12.4. The van der Waals surface area contributed by atoms with Crippen LogP contribution < -0.4 is 5.32 Å². The minimum absolute atomic E-state index is 0.00862. The molecule has 0 aliphatic rings. The summed E-state index contributed by atoms with van der Waals surface area (Å²) in [6.07, 6.45) is 62.9. The molecule has 0 fully saturated rings. The van der Waals surface area contributed by atoms with Crippen LogP contribution >= 0.6 is 0 Å². The molecule has 0 saturated heterocycles. The summed E-state index contributed by atoms with van der Waals surface area (Å²) in [4.78, 5) is 24.4. The second-order valence-electron chi connectivity index (χ2n) is 18.6. The van der Waals surface area contributed by atoms with Crippen LogP contribution in [0.3, 0.4) is 0 Å². The van der Waals surface area contributed by atoms with Crippen molar-refractivity contribution in [3.8, 4) is 0 Å². The normalized spacial score (nSPS) is 12.9. The highest BCUT2D eigenvalue weighted by Gasteiger charge is 2.18. The van der Waals surface area contributed by atoms with Gasteiger partial charge in [-0.25, -0.2) is 0 Å². The zero-order valence-corrected chi connectivity index (χ0v) is 41.4. The molecule has 3 N–H and O–H groups in total. The molecule has 0 aliphatic carbocycles. The molecule has 2 atom stereocenters. The molecule has 1 amide bonds. The number of hydrogen-bond acceptors (Lipinski definition) is 5. The van der Waals surface area contributed by atoms with Crippen LogP contribution in [0.15, 0.2) is 36.5 Å². The highest BCUT2D eigenvalue weighted by atomic mass is 16.5. The highest BCUT2D eigenvalue weighted by molar-refractivity contribution is 5.76. The van der Waals surface area contributed by atoms with Crippen molar-refractivity contribution in [2.45, 2.75) is 296 Å². The number of carbonyl (C=O) groups excluding carboxylic acids is 2. The van der Waals surface area contributed by atoms with Crippen LogP contribution in [0.1, 0.15) is 284 Å². The zero-order chi connectivity index (χ0) is 45.1. The standard InChI is InChI=1S/C56H105NO5/c1-3-5-7-9-11-13-15-17-26-30-34-38-42-46-50-56(61)62-51-47-43-39-35-31-27-23-21-19-18-20-22-25-29-33-37-41-45-49-55(60)57-53(52-58)54(59)48-44-40-36-32-28-24-16-14-12-10-8-6-4-2/h9,11,15,17,44,48,53-54,58-59H,3-8,10,12-14,16,18-43,45-47,49-52H2,1-2H3,(H,57,60)/b11-9-,17-15-,48-44+. The van der Waals surface area contributed by atoms with E-state index >= 15 is 0 Å². The summed E-state index contributed by atoms with van der Waals surface area (Å²) < 4.78 is 5.46. The molecule has 2 unspecified atom stereocenters. The number of unbranched alkanes of at least 4 members (excludes halogenated alkanes) is 35. The van der Waals surface area contributed by atoms with E-state index in [0.717, 1.165) is 51.4 Å². The Labute approximate surface area is 385 Å². The first-order valence-electron chi connectivity index (χ1n) is 27.3. The summed E-state index contributed by atoms with van der Waals surface area (Å²) in [5, 5.41) is 23.0. The third-order valence-electron chi connectivity index (χ3n) is 12.4. The lowest BCUT2D eigenvalue weighted by Gasteiger charge is -2.20. The average Bonchev–Trinajstić information content (AvgIpc) is 3.27. The minimum Gasteiger partial charge on any atom is -0.466 e. The van der Waals surface area contributed by atoms with E-state index < -0.39 is 12.1 Å². The summed E-state index contributed by atoms with van der Waals surface area (Å²) in [5.41, 5.74) is 0. The predicted molar refractivity (Wildman–Crippen MR) is 269 cm³/mol. The molecule has 6 heteroatoms. The van der Waals surface area contributed by atoms with Crippen LogP contribution in [0.25, 0.3) is 0 Å². The van der Waals surface area contributed by atoms with E-state index in [1.165, 1.54) is 205 Å². The maximum absolute atomic E-state index is 12.4. The van der Waals surface area contributed by atoms with Gasteiger partial charge in [-0.2, -0.15) is 0 Å². The monoisotopic (exact) mass is 872 g/mol. The van der Waals surface area contributed by atoms with E-state index in [4.69, 9.17) is 4.74 Å². The molecule has 0 rings (SSSR count). The lowest BCUT2D eigenvalue weighted by atomic mass is 10.0. The van der Waals surface area contributed by atoms with E-state index in [1.54, 1.807) is 6.08 Å². The number of ether oxygens (including phenoxy) is 1. The molecule has 0 radical (unpaired) electrons. The molecule has 0 aromatic rings. The molecule has 6 nitrogen and oxygen atoms in total. The Balaban J connectivity index is 3.44. The summed E-state index contributed by atoms with van der Waals surface area (Å²) in [6.45, 7) is 4.84. The van der Waals surface area contributed by atoms with Gasteiger partial charge in [0.25, 0.3) is 0 Å². The largest absolute Gasteiger partial charge is 0.466 e. The first-order chi connectivity index (χ1) is 30.5. The Morgan fingerprint density at radius 1 is 0.452 bits per heavy atom. The van der Waals surface area contributed by atoms with Crippen molar-refractivity contribution in [3.63, 3.8) is 0 Å². The van der Waals surface area contributed by atoms with Crippen LogP contribution in [0, 0.1) is 0 Å². The second kappa shape index (κ2) is 51.7. The van der Waals surface area contributed by atoms with Crippen LogP contribution in [0.2, 0.25) is 0 Å². The van der Waals surface area contributed by atoms with Gasteiger partial charge in [0.1, 0.15) is 0 Å². The summed E-state index contributed by atoms with van der Waals surface area (Å²) in [6, 6.07) is -0.630. The van der Waals surface area contributed by atoms with Gasteiger partial charge in [0, 0.05) is 12.8 Å². The summed E-state index contributed by atoms with van der Waals surface area (Å²) in [7, 11) is 0. The smallest absolute Gasteiger partial charge is 0.305 e. The average molecular weight is 872 g/mol. The second-order valence-corrected chi connectivity index (χ2v) is 18.6. The van der Waals surface area contributed by atoms with Crippen LogP contribution in [-0.4, -0.2) is 47.4 Å². The lowest BCUT2D eigenvalue weighted by Crippen LogP contribution is -2.45. The number of hydrogen-bond donors (Lipinski definition) is 3. The fraction of sp³-hybridized carbons (Fsp3) is 0.857. The van der Waals surface area contributed by atoms with Gasteiger partial charge in [0.05, 0.1) is 25.4 Å². The molecule has 62 heavy (non-hydrogen) atoms. The van der Waals surface area contributed by atoms with Crippen LogP contribution in [0.5, 0.6) is 0 Å². The number of aliphatic hydroxyl groups excluding tert-OH is 2. The number of rotatable bonds is 50. The molecule has 0 bridgehead atoms. The highest BCUT2D eigenvalue weighted by Crippen LogP contribution is 2.16. The van der Waals surface area contributed by atoms with Gasteiger partial charge < -0.3 is 20.3 Å². The van der Waals surface area contributed by atoms with Crippen LogP contribution in [0.4, 0.5) is 0 Å². The Hall–Kier alpha value is -1.92. The topological polar surface area (TPSA) is 95.9 Å². The first-order valence-corrected chi connectivity index (χ1v) is 27.3. The predicted octanol–water partition coefficient (Wildman–Crippen LogP) is 16.5. The van der Waals surface area contributed by atoms with Gasteiger partial charge in [-0.1, -0.05) is 249 Å². The Kier molecular flexibility index (Phi) is 50.1. The Morgan fingerprint density at radius 3 is 1.27 bits per heavy atom. The van der Waals surface area contributed by atoms with E-state index in [9.17, 15) is 19.8 Å². The molecule has 0 saturated carbocycles. The molecule has 0 aromatic heterocycles. The molecule has 0 spiro atoms. The van der Waals surface area contributed by atoms with Crippen molar-refractivity contribution >= 4 is 11.9 Å². The van der Waals surface area contributed by atoms with Crippen molar-refractivity contribution in [2.24, 2.45) is 0 Å². The molecule has 0 aromatic carbocycles. The van der Waals surface area contributed by atoms with Crippen molar-refractivity contribution in [1.29, 1.82) is 0 Å². The van der Waals surface area contributed by atoms with E-state index in [2.05, 4.69) is 43.5 Å². The first kappa shape index (κ1) is 60.1. The number of nitrogens with one attached hydrogen (secondary N) is 1. The number of amides is 1. The van der Waals surface area contributed by atoms with Crippen LogP contribution in [-0.2, 0) is 14.3 Å². The number of aliphatic hydroxyl groups is 2. The molecule has 0 aliphatic heterocycles. The van der Waals surface area contributed by atoms with Gasteiger partial charge >= 0.3 is 5.97 Å². The van der Waals surface area contributed by atoms with Gasteiger partial charge in [0.2, 0.25) is 5.91 Å². The fourth-order valence-electron chi connectivity index (χ4n) is 8.18. The molecular formula is C56H105NO5. The SMILES string of the molecule is CCCC/C=C\C/C=C\CCCCCCCC(=O)OCCCCCCCCCCCCCCCCCCCCC(=O)NC(CO)C(O)/C=C/CCCCCCCCCCCCC.